The summed E-state index contributed by atoms with van der Waals surface area (Å²) < 4.78 is 42.0. The fraction of sp³-hybridized carbons (Fsp3) is 0.111. The van der Waals surface area contributed by atoms with E-state index in [1.165, 1.54) is 12.3 Å². The average molecular weight is 378 g/mol. The molecule has 0 atom stereocenters. The topological polar surface area (TPSA) is 43.9 Å². The van der Waals surface area contributed by atoms with Crippen LogP contribution in [-0.2, 0) is 12.7 Å². The van der Waals surface area contributed by atoms with Gasteiger partial charge in [-0.2, -0.15) is 17.9 Å². The minimum Gasteiger partial charge on any atom is -0.623 e. The summed E-state index contributed by atoms with van der Waals surface area (Å²) in [5, 5.41) is 13.1. The smallest absolute Gasteiger partial charge is 0.416 e. The molecule has 0 spiro atoms. The Morgan fingerprint density at radius 1 is 1.12 bits per heavy atom. The predicted molar refractivity (Wildman–Crippen MR) is 90.6 cm³/mol. The molecule has 0 aliphatic carbocycles. The van der Waals surface area contributed by atoms with Crippen molar-refractivity contribution in [1.29, 1.82) is 0 Å². The van der Waals surface area contributed by atoms with E-state index in [9.17, 15) is 18.4 Å². The first kappa shape index (κ1) is 16.7. The molecule has 26 heavy (non-hydrogen) atoms. The van der Waals surface area contributed by atoms with Crippen molar-refractivity contribution in [2.45, 2.75) is 12.7 Å². The number of nitrogens with zero attached hydrogens (tertiary/aromatic N) is 3. The largest absolute Gasteiger partial charge is 0.623 e. The van der Waals surface area contributed by atoms with E-state index in [-0.39, 0.29) is 22.8 Å². The summed E-state index contributed by atoms with van der Waals surface area (Å²) in [7, 11) is 0. The zero-order valence-electron chi connectivity index (χ0n) is 13.2. The number of fused-ring (bicyclic) bond motifs is 3. The van der Waals surface area contributed by atoms with Crippen LogP contribution >= 0.6 is 11.6 Å². The van der Waals surface area contributed by atoms with Gasteiger partial charge in [-0.05, 0) is 30.3 Å². The quantitative estimate of drug-likeness (QED) is 0.466. The molecule has 0 fully saturated rings. The van der Waals surface area contributed by atoms with E-state index in [1.807, 2.05) is 0 Å². The highest BCUT2D eigenvalue weighted by molar-refractivity contribution is 6.35. The predicted octanol–water partition coefficient (Wildman–Crippen LogP) is 4.41. The van der Waals surface area contributed by atoms with Gasteiger partial charge in [0.05, 0.1) is 27.4 Å². The van der Waals surface area contributed by atoms with Gasteiger partial charge in [0.15, 0.2) is 5.82 Å². The molecule has 0 radical (unpaired) electrons. The molecule has 132 valence electrons. The first-order valence-corrected chi connectivity index (χ1v) is 8.05. The van der Waals surface area contributed by atoms with E-state index in [0.717, 1.165) is 12.1 Å². The molecular weight excluding hydrogens is 367 g/mol. The molecule has 0 unspecified atom stereocenters. The second kappa shape index (κ2) is 5.88. The van der Waals surface area contributed by atoms with E-state index in [1.54, 1.807) is 35.0 Å². The van der Waals surface area contributed by atoms with Gasteiger partial charge in [-0.3, -0.25) is 4.57 Å². The van der Waals surface area contributed by atoms with Crippen molar-refractivity contribution in [3.05, 3.63) is 87.6 Å². The van der Waals surface area contributed by atoms with Gasteiger partial charge in [0.2, 0.25) is 12.3 Å². The Morgan fingerprint density at radius 2 is 1.88 bits per heavy atom. The highest BCUT2D eigenvalue weighted by Crippen LogP contribution is 2.34. The first-order valence-electron chi connectivity index (χ1n) is 7.67. The maximum Gasteiger partial charge on any atom is 0.416 e. The standard InChI is InChI=1S/C18H11ClF3N3O/c19-14-4-2-1-3-12(14)17-13-9-11(18(20,21)22)5-6-15(13)24-8-7-23-16(24)10-25(17)26/h1-9H,10H2. The summed E-state index contributed by atoms with van der Waals surface area (Å²) in [6.07, 6.45) is -1.41. The summed E-state index contributed by atoms with van der Waals surface area (Å²) in [4.78, 5) is 4.14. The van der Waals surface area contributed by atoms with Crippen LogP contribution < -0.4 is 0 Å². The van der Waals surface area contributed by atoms with Gasteiger partial charge in [-0.1, -0.05) is 23.7 Å². The molecule has 0 saturated heterocycles. The first-order chi connectivity index (χ1) is 12.4. The molecule has 2 heterocycles. The Labute approximate surface area is 151 Å². The monoisotopic (exact) mass is 377 g/mol. The van der Waals surface area contributed by atoms with Crippen molar-refractivity contribution >= 4 is 17.3 Å². The zero-order chi connectivity index (χ0) is 18.5. The molecule has 1 aliphatic rings. The number of hydrogen-bond donors (Lipinski definition) is 0. The molecule has 1 aliphatic heterocycles. The van der Waals surface area contributed by atoms with Crippen molar-refractivity contribution in [1.82, 2.24) is 9.55 Å². The third kappa shape index (κ3) is 2.64. The van der Waals surface area contributed by atoms with Crippen LogP contribution in [0, 0.1) is 5.21 Å². The number of alkyl halides is 3. The number of hydroxylamine groups is 1. The van der Waals surface area contributed by atoms with Crippen LogP contribution in [0.15, 0.2) is 54.9 Å². The minimum atomic E-state index is -4.53. The van der Waals surface area contributed by atoms with Gasteiger partial charge in [-0.15, -0.1) is 0 Å². The van der Waals surface area contributed by atoms with Gasteiger partial charge in [0, 0.05) is 12.4 Å². The van der Waals surface area contributed by atoms with E-state index >= 15 is 0 Å². The van der Waals surface area contributed by atoms with Crippen LogP contribution in [0.25, 0.3) is 5.69 Å². The van der Waals surface area contributed by atoms with Gasteiger partial charge >= 0.3 is 6.18 Å². The Hall–Kier alpha value is -2.80. The Kier molecular flexibility index (Phi) is 3.77. The molecule has 8 heteroatoms. The summed E-state index contributed by atoms with van der Waals surface area (Å²) in [5.74, 6) is 0.433. The Morgan fingerprint density at radius 3 is 2.62 bits per heavy atom. The lowest BCUT2D eigenvalue weighted by Gasteiger charge is -2.14. The fourth-order valence-electron chi connectivity index (χ4n) is 3.06. The number of imidazole rings is 1. The van der Waals surface area contributed by atoms with Crippen LogP contribution in [0.5, 0.6) is 0 Å². The summed E-state index contributed by atoms with van der Waals surface area (Å²) >= 11 is 6.23. The molecule has 1 aromatic heterocycles. The van der Waals surface area contributed by atoms with E-state index in [4.69, 9.17) is 11.6 Å². The van der Waals surface area contributed by atoms with Crippen LogP contribution in [0.4, 0.5) is 13.2 Å². The number of aromatic nitrogens is 2. The molecule has 0 N–H and O–H groups in total. The van der Waals surface area contributed by atoms with E-state index in [2.05, 4.69) is 4.98 Å². The van der Waals surface area contributed by atoms with E-state index < -0.39 is 11.7 Å². The molecule has 0 saturated carbocycles. The lowest BCUT2D eigenvalue weighted by molar-refractivity contribution is -0.475. The van der Waals surface area contributed by atoms with Crippen LogP contribution in [0.3, 0.4) is 0 Å². The summed E-state index contributed by atoms with van der Waals surface area (Å²) in [6, 6.07) is 9.89. The second-order valence-corrected chi connectivity index (χ2v) is 6.22. The number of hydrogen-bond acceptors (Lipinski definition) is 2. The molecule has 3 aromatic rings. The molecule has 4 rings (SSSR count). The minimum absolute atomic E-state index is 0.0854. The van der Waals surface area contributed by atoms with Gasteiger partial charge < -0.3 is 5.21 Å². The highest BCUT2D eigenvalue weighted by Gasteiger charge is 2.34. The molecule has 2 aromatic carbocycles. The van der Waals surface area contributed by atoms with Crippen LogP contribution in [-0.4, -0.2) is 20.0 Å². The fourth-order valence-corrected chi connectivity index (χ4v) is 3.28. The van der Waals surface area contributed by atoms with Crippen molar-refractivity contribution in [2.24, 2.45) is 0 Å². The maximum absolute atomic E-state index is 13.3. The third-order valence-electron chi connectivity index (χ3n) is 4.22. The Balaban J connectivity index is 2.06. The van der Waals surface area contributed by atoms with Crippen molar-refractivity contribution < 1.29 is 17.9 Å². The van der Waals surface area contributed by atoms with Gasteiger partial charge in [0.25, 0.3) is 0 Å². The van der Waals surface area contributed by atoms with Crippen molar-refractivity contribution in [3.63, 3.8) is 0 Å². The summed E-state index contributed by atoms with van der Waals surface area (Å²) in [5.41, 5.74) is 0.217. The number of rotatable bonds is 1. The zero-order valence-corrected chi connectivity index (χ0v) is 13.9. The normalized spacial score (nSPS) is 14.0. The molecule has 0 amide bonds. The average Bonchev–Trinajstić information content (AvgIpc) is 2.99. The SMILES string of the molecule is [O-][N+]1=C(c2ccccc2Cl)c2cc(C(F)(F)F)ccc2-n2ccnc2C1. The number of halogens is 4. The maximum atomic E-state index is 13.3. The highest BCUT2D eigenvalue weighted by atomic mass is 35.5. The molecular formula is C18H11ClF3N3O. The van der Waals surface area contributed by atoms with Crippen LogP contribution in [0.2, 0.25) is 5.02 Å². The second-order valence-electron chi connectivity index (χ2n) is 5.81. The van der Waals surface area contributed by atoms with E-state index in [0.29, 0.717) is 21.8 Å². The Bertz CT molecular complexity index is 1040. The molecule has 4 nitrogen and oxygen atoms in total. The third-order valence-corrected chi connectivity index (χ3v) is 4.55. The van der Waals surface area contributed by atoms with Gasteiger partial charge in [-0.25, -0.2) is 4.98 Å². The van der Waals surface area contributed by atoms with Crippen LogP contribution in [0.1, 0.15) is 22.5 Å². The lowest BCUT2D eigenvalue weighted by Crippen LogP contribution is -2.19. The number of benzene rings is 2. The molecule has 0 bridgehead atoms. The summed E-state index contributed by atoms with van der Waals surface area (Å²) in [6.45, 7) is -0.108. The van der Waals surface area contributed by atoms with Crippen molar-refractivity contribution in [3.8, 4) is 5.69 Å². The van der Waals surface area contributed by atoms with Crippen molar-refractivity contribution in [2.75, 3.05) is 0 Å². The van der Waals surface area contributed by atoms with Gasteiger partial charge in [0.1, 0.15) is 0 Å². The lowest BCUT2D eigenvalue weighted by atomic mass is 9.98.